The maximum absolute atomic E-state index is 11.7. The first-order valence-corrected chi connectivity index (χ1v) is 7.43. The summed E-state index contributed by atoms with van der Waals surface area (Å²) in [7, 11) is -2.73. The van der Waals surface area contributed by atoms with Gasteiger partial charge in [-0.3, -0.25) is 14.3 Å². The summed E-state index contributed by atoms with van der Waals surface area (Å²) in [5.41, 5.74) is 5.26. The number of nitrogens with two attached hydrogens (primary N) is 1. The molecule has 0 aromatic carbocycles. The fourth-order valence-corrected chi connectivity index (χ4v) is 2.66. The third-order valence-electron chi connectivity index (χ3n) is 3.26. The Kier molecular flexibility index (Phi) is 3.89. The average molecular weight is 330 g/mol. The van der Waals surface area contributed by atoms with Crippen LogP contribution in [-0.4, -0.2) is 48.3 Å². The Balaban J connectivity index is 1.88. The number of rotatable bonds is 4. The van der Waals surface area contributed by atoms with E-state index in [9.17, 15) is 14.5 Å². The molecule has 1 saturated heterocycles. The highest BCUT2D eigenvalue weighted by atomic mass is 31.1. The first-order valence-electron chi connectivity index (χ1n) is 6.30. The molecule has 3 heterocycles. The van der Waals surface area contributed by atoms with Gasteiger partial charge in [0, 0.05) is 11.0 Å². The van der Waals surface area contributed by atoms with Crippen molar-refractivity contribution >= 4 is 25.4 Å². The normalized spacial score (nSPS) is 25.7. The Hall–Kier alpha value is -1.91. The van der Waals surface area contributed by atoms with E-state index in [1.165, 1.54) is 10.9 Å². The van der Waals surface area contributed by atoms with E-state index in [0.717, 1.165) is 0 Å². The molecule has 1 aliphatic heterocycles. The van der Waals surface area contributed by atoms with E-state index in [-0.39, 0.29) is 30.1 Å². The molecule has 0 spiro atoms. The maximum Gasteiger partial charge on any atom is 0.694 e. The standard InChI is InChI=1S/C10H12N5O6P/c11-10-13-7-6(8(17)14-10)12-3-15(7)9-5(16)1-4(21-9)2-20-22(18)19/h3-5,9,16H,1-2H2,(H3-,11,13,14,17,18,19)/p+1. The molecular weight excluding hydrogens is 317 g/mol. The maximum atomic E-state index is 11.7. The Morgan fingerprint density at radius 3 is 3.14 bits per heavy atom. The minimum atomic E-state index is -2.73. The van der Waals surface area contributed by atoms with Gasteiger partial charge in [-0.25, -0.2) is 4.98 Å². The summed E-state index contributed by atoms with van der Waals surface area (Å²) >= 11 is 0. The minimum absolute atomic E-state index is 0.0723. The van der Waals surface area contributed by atoms with Crippen LogP contribution in [-0.2, 0) is 13.8 Å². The van der Waals surface area contributed by atoms with Crippen molar-refractivity contribution in [3.8, 4) is 0 Å². The van der Waals surface area contributed by atoms with Gasteiger partial charge in [-0.05, 0) is 0 Å². The Bertz CT molecular complexity index is 775. The van der Waals surface area contributed by atoms with Gasteiger partial charge in [-0.1, -0.05) is 0 Å². The molecule has 0 bridgehead atoms. The predicted octanol–water partition coefficient (Wildman–Crippen LogP) is -0.984. The van der Waals surface area contributed by atoms with Crippen LogP contribution >= 0.6 is 8.25 Å². The zero-order chi connectivity index (χ0) is 15.9. The third kappa shape index (κ3) is 2.72. The third-order valence-corrected chi connectivity index (χ3v) is 3.63. The van der Waals surface area contributed by atoms with Crippen molar-refractivity contribution in [1.82, 2.24) is 19.5 Å². The number of ether oxygens (including phenoxy) is 1. The molecule has 118 valence electrons. The lowest BCUT2D eigenvalue weighted by Crippen LogP contribution is -2.20. The zero-order valence-corrected chi connectivity index (χ0v) is 12.0. The molecule has 4 unspecified atom stereocenters. The van der Waals surface area contributed by atoms with Crippen LogP contribution in [0.1, 0.15) is 12.6 Å². The number of nitrogens with one attached hydrogen (secondary N) is 1. The number of aromatic nitrogens is 4. The number of aliphatic hydroxyl groups excluding tert-OH is 1. The van der Waals surface area contributed by atoms with Crippen LogP contribution in [0.5, 0.6) is 0 Å². The van der Waals surface area contributed by atoms with E-state index in [4.69, 9.17) is 15.4 Å². The fourth-order valence-electron chi connectivity index (χ4n) is 2.36. The molecular formula is C10H13N5O6P+. The number of hydrogen-bond acceptors (Lipinski definition) is 8. The summed E-state index contributed by atoms with van der Waals surface area (Å²) in [6.07, 6.45) is -0.806. The second kappa shape index (κ2) is 5.71. The lowest BCUT2D eigenvalue weighted by atomic mass is 10.2. The average Bonchev–Trinajstić information content (AvgIpc) is 3.00. The fraction of sp³-hybridized carbons (Fsp3) is 0.500. The van der Waals surface area contributed by atoms with Crippen LogP contribution in [0.3, 0.4) is 0 Å². The van der Waals surface area contributed by atoms with E-state index in [2.05, 4.69) is 19.5 Å². The van der Waals surface area contributed by atoms with Crippen molar-refractivity contribution in [2.45, 2.75) is 24.9 Å². The van der Waals surface area contributed by atoms with Crippen molar-refractivity contribution in [2.75, 3.05) is 12.3 Å². The van der Waals surface area contributed by atoms with Gasteiger partial charge in [0.2, 0.25) is 5.95 Å². The molecule has 0 aliphatic carbocycles. The SMILES string of the molecule is Nc1nc2c(ncn2C2OC(CO[P+](=O)O)CC2O)c(=O)[nH]1. The molecule has 0 amide bonds. The number of aliphatic hydroxyl groups is 1. The highest BCUT2D eigenvalue weighted by molar-refractivity contribution is 7.32. The van der Waals surface area contributed by atoms with Crippen LogP contribution in [0.15, 0.2) is 11.1 Å². The molecule has 2 aromatic heterocycles. The van der Waals surface area contributed by atoms with Crippen LogP contribution in [0.4, 0.5) is 5.95 Å². The first kappa shape index (κ1) is 15.0. The summed E-state index contributed by atoms with van der Waals surface area (Å²) in [6.45, 7) is -0.137. The van der Waals surface area contributed by atoms with E-state index >= 15 is 0 Å². The summed E-state index contributed by atoms with van der Waals surface area (Å²) in [5.74, 6) is -0.0797. The van der Waals surface area contributed by atoms with Crippen LogP contribution in [0, 0.1) is 0 Å². The molecule has 22 heavy (non-hydrogen) atoms. The zero-order valence-electron chi connectivity index (χ0n) is 11.1. The number of H-pyrrole nitrogens is 1. The molecule has 11 nitrogen and oxygen atoms in total. The Morgan fingerprint density at radius 1 is 1.64 bits per heavy atom. The van der Waals surface area contributed by atoms with Gasteiger partial charge in [-0.15, -0.1) is 9.42 Å². The molecule has 12 heteroatoms. The van der Waals surface area contributed by atoms with Gasteiger partial charge in [0.05, 0.1) is 12.4 Å². The van der Waals surface area contributed by atoms with E-state index < -0.39 is 32.2 Å². The van der Waals surface area contributed by atoms with Crippen LogP contribution in [0.2, 0.25) is 0 Å². The van der Waals surface area contributed by atoms with E-state index in [1.807, 2.05) is 0 Å². The largest absolute Gasteiger partial charge is 0.694 e. The highest BCUT2D eigenvalue weighted by Crippen LogP contribution is 2.31. The van der Waals surface area contributed by atoms with Gasteiger partial charge in [-0.2, -0.15) is 4.98 Å². The predicted molar refractivity (Wildman–Crippen MR) is 72.9 cm³/mol. The van der Waals surface area contributed by atoms with Crippen LogP contribution in [0.25, 0.3) is 11.2 Å². The number of imidazole rings is 1. The van der Waals surface area contributed by atoms with E-state index in [1.54, 1.807) is 0 Å². The Morgan fingerprint density at radius 2 is 2.41 bits per heavy atom. The van der Waals surface area contributed by atoms with Gasteiger partial charge in [0.15, 0.2) is 17.4 Å². The Labute approximate surface area is 123 Å². The molecule has 1 aliphatic rings. The van der Waals surface area contributed by atoms with Gasteiger partial charge in [0.1, 0.15) is 12.7 Å². The number of hydrogen-bond donors (Lipinski definition) is 4. The molecule has 5 N–H and O–H groups in total. The van der Waals surface area contributed by atoms with Gasteiger partial charge < -0.3 is 15.6 Å². The van der Waals surface area contributed by atoms with Crippen LogP contribution < -0.4 is 11.3 Å². The van der Waals surface area contributed by atoms with Crippen molar-refractivity contribution in [3.05, 3.63) is 16.7 Å². The molecule has 1 fully saturated rings. The number of nitrogens with zero attached hydrogens (tertiary/aromatic N) is 3. The number of fused-ring (bicyclic) bond motifs is 1. The van der Waals surface area contributed by atoms with Crippen molar-refractivity contribution in [3.63, 3.8) is 0 Å². The molecule has 4 atom stereocenters. The van der Waals surface area contributed by atoms with Crippen molar-refractivity contribution in [1.29, 1.82) is 0 Å². The number of aromatic amines is 1. The molecule has 0 saturated carbocycles. The number of anilines is 1. The summed E-state index contributed by atoms with van der Waals surface area (Å²) in [6, 6.07) is 0. The lowest BCUT2D eigenvalue weighted by Gasteiger charge is -2.16. The molecule has 2 aromatic rings. The smallest absolute Gasteiger partial charge is 0.388 e. The second-order valence-corrected chi connectivity index (χ2v) is 5.49. The van der Waals surface area contributed by atoms with Crippen molar-refractivity contribution in [2.24, 2.45) is 0 Å². The van der Waals surface area contributed by atoms with Crippen molar-refractivity contribution < 1.29 is 23.8 Å². The highest BCUT2D eigenvalue weighted by Gasteiger charge is 2.38. The summed E-state index contributed by atoms with van der Waals surface area (Å²) in [4.78, 5) is 30.6. The van der Waals surface area contributed by atoms with Gasteiger partial charge in [0.25, 0.3) is 5.56 Å². The summed E-state index contributed by atoms with van der Waals surface area (Å²) < 4.78 is 22.1. The monoisotopic (exact) mass is 330 g/mol. The quantitative estimate of drug-likeness (QED) is 0.515. The van der Waals surface area contributed by atoms with E-state index in [0.29, 0.717) is 0 Å². The lowest BCUT2D eigenvalue weighted by molar-refractivity contribution is -0.0459. The first-order chi connectivity index (χ1) is 10.5. The number of nitrogen functional groups attached to an aromatic ring is 1. The minimum Gasteiger partial charge on any atom is -0.388 e. The molecule has 0 radical (unpaired) electrons. The summed E-state index contributed by atoms with van der Waals surface area (Å²) in [5, 5.41) is 10.1. The molecule has 3 rings (SSSR count). The topological polar surface area (TPSA) is 166 Å². The second-order valence-electron chi connectivity index (χ2n) is 4.76. The van der Waals surface area contributed by atoms with Gasteiger partial charge >= 0.3 is 8.25 Å².